The molecule has 0 N–H and O–H groups in total. The predicted molar refractivity (Wildman–Crippen MR) is 211 cm³/mol. The van der Waals surface area contributed by atoms with Crippen LogP contribution in [0.25, 0.3) is 38.6 Å². The van der Waals surface area contributed by atoms with E-state index < -0.39 is 0 Å². The van der Waals surface area contributed by atoms with Crippen molar-refractivity contribution < 1.29 is 0 Å². The Morgan fingerprint density at radius 1 is 0.755 bits per heavy atom. The molecule has 2 heteroatoms. The van der Waals surface area contributed by atoms with E-state index in [1.54, 1.807) is 0 Å². The number of rotatable bonds is 7. The van der Waals surface area contributed by atoms with Crippen LogP contribution in [0.4, 0.5) is 11.4 Å². The first-order valence-electron chi connectivity index (χ1n) is 17.2. The van der Waals surface area contributed by atoms with Gasteiger partial charge in [-0.3, -0.25) is 0 Å². The molecule has 8 rings (SSSR count). The lowest BCUT2D eigenvalue weighted by Crippen LogP contribution is -2.19. The monoisotopic (exact) mass is 632 g/mol. The minimum Gasteiger partial charge on any atom is -0.310 e. The summed E-state index contributed by atoms with van der Waals surface area (Å²) in [6.45, 7) is 11.3. The second-order valence-corrected chi connectivity index (χ2v) is 13.4. The van der Waals surface area contributed by atoms with Crippen molar-refractivity contribution in [3.8, 4) is 5.69 Å². The van der Waals surface area contributed by atoms with Crippen LogP contribution in [-0.4, -0.2) is 4.57 Å². The van der Waals surface area contributed by atoms with Crippen molar-refractivity contribution in [2.75, 3.05) is 4.90 Å². The lowest BCUT2D eigenvalue weighted by atomic mass is 9.80. The first-order chi connectivity index (χ1) is 24.0. The van der Waals surface area contributed by atoms with Crippen LogP contribution in [-0.2, 0) is 5.41 Å². The molecule has 2 aliphatic rings. The smallest absolute Gasteiger partial charge is 0.0561 e. The van der Waals surface area contributed by atoms with E-state index in [4.69, 9.17) is 0 Å². The average molecular weight is 633 g/mol. The summed E-state index contributed by atoms with van der Waals surface area (Å²) in [5.74, 6) is 0. The molecule has 0 bridgehead atoms. The van der Waals surface area contributed by atoms with E-state index in [0.29, 0.717) is 0 Å². The summed E-state index contributed by atoms with van der Waals surface area (Å²) in [6.07, 6.45) is 16.5. The lowest BCUT2D eigenvalue weighted by Gasteiger charge is -2.30. The number of anilines is 2. The zero-order chi connectivity index (χ0) is 33.5. The van der Waals surface area contributed by atoms with E-state index in [1.807, 2.05) is 6.07 Å². The molecule has 1 heterocycles. The number of aromatic nitrogens is 1. The van der Waals surface area contributed by atoms with Crippen LogP contribution in [0.15, 0.2) is 182 Å². The largest absolute Gasteiger partial charge is 0.310 e. The third kappa shape index (κ3) is 5.12. The van der Waals surface area contributed by atoms with Gasteiger partial charge in [0.25, 0.3) is 0 Å². The fraction of sp³-hybridized carbons (Fsp3) is 0.106. The minimum atomic E-state index is -0.0808. The van der Waals surface area contributed by atoms with Crippen molar-refractivity contribution in [1.82, 2.24) is 4.57 Å². The number of allylic oxidation sites excluding steroid dienone is 10. The molecule has 49 heavy (non-hydrogen) atoms. The molecule has 2 nitrogen and oxygen atoms in total. The first-order valence-corrected chi connectivity index (χ1v) is 17.2. The van der Waals surface area contributed by atoms with Crippen molar-refractivity contribution in [2.24, 2.45) is 0 Å². The topological polar surface area (TPSA) is 8.17 Å². The van der Waals surface area contributed by atoms with Gasteiger partial charge in [-0.15, -0.1) is 0 Å². The number of para-hydroxylation sites is 2. The van der Waals surface area contributed by atoms with Crippen molar-refractivity contribution in [1.29, 1.82) is 0 Å². The molecule has 0 amide bonds. The fourth-order valence-electron chi connectivity index (χ4n) is 7.76. The number of benzene rings is 5. The second-order valence-electron chi connectivity index (χ2n) is 13.4. The van der Waals surface area contributed by atoms with Crippen molar-refractivity contribution >= 4 is 44.3 Å². The van der Waals surface area contributed by atoms with E-state index in [2.05, 4.69) is 195 Å². The van der Waals surface area contributed by atoms with Gasteiger partial charge in [0.2, 0.25) is 0 Å². The summed E-state index contributed by atoms with van der Waals surface area (Å²) in [6, 6.07) is 43.6. The highest BCUT2D eigenvalue weighted by Gasteiger charge is 2.39. The predicted octanol–water partition coefficient (Wildman–Crippen LogP) is 12.7. The maximum atomic E-state index is 4.43. The van der Waals surface area contributed by atoms with Crippen molar-refractivity contribution in [3.63, 3.8) is 0 Å². The zero-order valence-electron chi connectivity index (χ0n) is 28.4. The van der Waals surface area contributed by atoms with Gasteiger partial charge in [0.05, 0.1) is 16.7 Å². The first kappa shape index (κ1) is 30.5. The van der Waals surface area contributed by atoms with Gasteiger partial charge in [-0.05, 0) is 83.7 Å². The van der Waals surface area contributed by atoms with Crippen LogP contribution in [0.2, 0.25) is 0 Å². The molecule has 5 aromatic carbocycles. The summed E-state index contributed by atoms with van der Waals surface area (Å²) in [5, 5.41) is 2.48. The van der Waals surface area contributed by atoms with E-state index in [0.717, 1.165) is 34.6 Å². The van der Waals surface area contributed by atoms with Crippen LogP contribution >= 0.6 is 0 Å². The Kier molecular flexibility index (Phi) is 7.65. The van der Waals surface area contributed by atoms with Crippen LogP contribution < -0.4 is 4.90 Å². The summed E-state index contributed by atoms with van der Waals surface area (Å²) < 4.78 is 2.40. The Hall–Kier alpha value is -5.86. The molecular formula is C47H40N2. The molecule has 0 aliphatic heterocycles. The Balaban J connectivity index is 1.38. The highest BCUT2D eigenvalue weighted by atomic mass is 15.2. The summed E-state index contributed by atoms with van der Waals surface area (Å²) in [4.78, 5) is 2.44. The van der Waals surface area contributed by atoms with E-state index in [9.17, 15) is 0 Å². The maximum Gasteiger partial charge on any atom is 0.0561 e. The van der Waals surface area contributed by atoms with E-state index >= 15 is 0 Å². The lowest BCUT2D eigenvalue weighted by molar-refractivity contribution is 0.626. The molecule has 0 unspecified atom stereocenters. The quantitative estimate of drug-likeness (QED) is 0.159. The number of hydrogen-bond acceptors (Lipinski definition) is 1. The minimum absolute atomic E-state index is 0.0808. The molecule has 238 valence electrons. The van der Waals surface area contributed by atoms with Gasteiger partial charge in [0.1, 0.15) is 0 Å². The molecule has 0 fully saturated rings. The average Bonchev–Trinajstić information content (AvgIpc) is 3.42. The van der Waals surface area contributed by atoms with Gasteiger partial charge in [0.15, 0.2) is 0 Å². The Morgan fingerprint density at radius 3 is 2.29 bits per heavy atom. The van der Waals surface area contributed by atoms with Crippen LogP contribution in [0.3, 0.4) is 0 Å². The highest BCUT2D eigenvalue weighted by Crippen LogP contribution is 2.53. The molecule has 1 aromatic heterocycles. The maximum absolute atomic E-state index is 4.43. The number of fused-ring (bicyclic) bond motifs is 5. The number of hydrogen-bond donors (Lipinski definition) is 0. The van der Waals surface area contributed by atoms with Gasteiger partial charge < -0.3 is 9.47 Å². The molecule has 0 radical (unpaired) electrons. The summed E-state index contributed by atoms with van der Waals surface area (Å²) in [7, 11) is 0. The molecule has 0 atom stereocenters. The van der Waals surface area contributed by atoms with Gasteiger partial charge in [-0.25, -0.2) is 0 Å². The van der Waals surface area contributed by atoms with Gasteiger partial charge >= 0.3 is 0 Å². The van der Waals surface area contributed by atoms with Gasteiger partial charge in [0, 0.05) is 38.8 Å². The molecule has 6 aromatic rings. The SMILES string of the molecule is C=C(/C=C\C(=C/C)N(c1ccc2c3ccccc3n(-c3ccccc3)c2c1)c1cccc2c1C1=C(CC=CC=C1)C2(C)C)c1ccccc1. The molecule has 0 spiro atoms. The van der Waals surface area contributed by atoms with Crippen LogP contribution in [0, 0.1) is 0 Å². The number of nitrogens with zero attached hydrogens (tertiary/aromatic N) is 2. The van der Waals surface area contributed by atoms with E-state index in [1.165, 1.54) is 49.8 Å². The van der Waals surface area contributed by atoms with Crippen LogP contribution in [0.5, 0.6) is 0 Å². The highest BCUT2D eigenvalue weighted by molar-refractivity contribution is 6.10. The van der Waals surface area contributed by atoms with Crippen LogP contribution in [0.1, 0.15) is 43.9 Å². The summed E-state index contributed by atoms with van der Waals surface area (Å²) >= 11 is 0. The normalized spacial score (nSPS) is 15.2. The molecule has 0 saturated heterocycles. The van der Waals surface area contributed by atoms with Gasteiger partial charge in [-0.2, -0.15) is 0 Å². The zero-order valence-corrected chi connectivity index (χ0v) is 28.4. The Morgan fingerprint density at radius 2 is 1.49 bits per heavy atom. The Labute approximate surface area is 289 Å². The standard InChI is InChI=1S/C47H40N2/c1-5-35(29-28-33(2)34-18-9-6-10-19-34)48(44-27-17-25-42-46(44)40-23-13-8-14-24-41(40)47(42,3)4)37-30-31-39-38-22-15-16-26-43(38)49(45(39)32-37)36-20-11-7-12-21-36/h5-23,25-32H,2,24H2,1,3-4H3/b29-28-,35-5+. The third-order valence-electron chi connectivity index (χ3n) is 10.2. The van der Waals surface area contributed by atoms with Crippen molar-refractivity contribution in [3.05, 3.63) is 198 Å². The van der Waals surface area contributed by atoms with Crippen molar-refractivity contribution in [2.45, 2.75) is 32.6 Å². The molecular weight excluding hydrogens is 593 g/mol. The third-order valence-corrected chi connectivity index (χ3v) is 10.2. The second kappa shape index (κ2) is 12.3. The van der Waals surface area contributed by atoms with Gasteiger partial charge in [-0.1, -0.05) is 142 Å². The summed E-state index contributed by atoms with van der Waals surface area (Å²) in [5.41, 5.74) is 14.4. The molecule has 2 aliphatic carbocycles. The van der Waals surface area contributed by atoms with E-state index in [-0.39, 0.29) is 5.41 Å². The fourth-order valence-corrected chi connectivity index (χ4v) is 7.76. The Bertz CT molecular complexity index is 2390. The molecule has 0 saturated carbocycles.